The van der Waals surface area contributed by atoms with Crippen molar-refractivity contribution in [2.45, 2.75) is 31.1 Å². The van der Waals surface area contributed by atoms with Crippen molar-refractivity contribution in [3.05, 3.63) is 47.5 Å². The van der Waals surface area contributed by atoms with Gasteiger partial charge in [0.05, 0.1) is 32.9 Å². The molecule has 8 nitrogen and oxygen atoms in total. The number of hydrogen-bond acceptors (Lipinski definition) is 7. The molecule has 2 aliphatic rings. The van der Waals surface area contributed by atoms with Crippen molar-refractivity contribution in [1.82, 2.24) is 9.29 Å². The minimum Gasteiger partial charge on any atom is -0.493 e. The molecule has 172 valence electrons. The predicted octanol–water partition coefficient (Wildman–Crippen LogP) is 3.21. The Morgan fingerprint density at radius 1 is 1.15 bits per heavy atom. The van der Waals surface area contributed by atoms with E-state index in [1.165, 1.54) is 27.5 Å². The molecule has 5 rings (SSSR count). The summed E-state index contributed by atoms with van der Waals surface area (Å²) in [6.07, 6.45) is 1.41. The van der Waals surface area contributed by atoms with Gasteiger partial charge in [0.1, 0.15) is 5.75 Å². The average Bonchev–Trinajstić information content (AvgIpc) is 3.47. The molecule has 33 heavy (non-hydrogen) atoms. The van der Waals surface area contributed by atoms with E-state index in [4.69, 9.17) is 4.74 Å². The molecule has 3 aromatic rings. The molecular weight excluding hydrogens is 462 g/mol. The van der Waals surface area contributed by atoms with Crippen molar-refractivity contribution in [2.75, 3.05) is 24.6 Å². The fourth-order valence-corrected chi connectivity index (χ4v) is 6.63. The first-order valence-electron chi connectivity index (χ1n) is 10.8. The summed E-state index contributed by atoms with van der Waals surface area (Å²) in [5.41, 5.74) is 3.84. The highest BCUT2D eigenvalue weighted by molar-refractivity contribution is 7.89. The lowest BCUT2D eigenvalue weighted by molar-refractivity contribution is -0.128. The van der Waals surface area contributed by atoms with Crippen molar-refractivity contribution in [3.8, 4) is 5.75 Å². The molecule has 0 atom stereocenters. The predicted molar refractivity (Wildman–Crippen MR) is 125 cm³/mol. The number of nitrogens with zero attached hydrogens (tertiary/aromatic N) is 3. The highest BCUT2D eigenvalue weighted by Gasteiger charge is 2.35. The molecule has 2 amide bonds. The van der Waals surface area contributed by atoms with E-state index in [0.29, 0.717) is 31.6 Å². The zero-order valence-electron chi connectivity index (χ0n) is 18.1. The van der Waals surface area contributed by atoms with Gasteiger partial charge in [0.25, 0.3) is 0 Å². The lowest BCUT2D eigenvalue weighted by Gasteiger charge is -2.32. The Bertz CT molecular complexity index is 1340. The number of sulfonamides is 1. The zero-order valence-corrected chi connectivity index (χ0v) is 19.7. The maximum Gasteiger partial charge on any atom is 0.243 e. The van der Waals surface area contributed by atoms with E-state index >= 15 is 0 Å². The second kappa shape index (κ2) is 8.51. The summed E-state index contributed by atoms with van der Waals surface area (Å²) in [4.78, 5) is 31.4. The Morgan fingerprint density at radius 2 is 1.94 bits per heavy atom. The molecule has 0 unspecified atom stereocenters. The molecule has 1 aromatic heterocycles. The molecule has 2 aromatic carbocycles. The van der Waals surface area contributed by atoms with Crippen LogP contribution in [0.2, 0.25) is 0 Å². The van der Waals surface area contributed by atoms with Gasteiger partial charge in [0, 0.05) is 32.4 Å². The van der Waals surface area contributed by atoms with Crippen LogP contribution in [0.15, 0.2) is 46.8 Å². The minimum absolute atomic E-state index is 0.225. The fraction of sp³-hybridized carbons (Fsp3) is 0.348. The summed E-state index contributed by atoms with van der Waals surface area (Å²) in [5.74, 6) is -0.368. The lowest BCUT2D eigenvalue weighted by atomic mass is 9.96. The van der Waals surface area contributed by atoms with E-state index in [1.807, 2.05) is 6.07 Å². The van der Waals surface area contributed by atoms with Crippen LogP contribution in [0.1, 0.15) is 25.3 Å². The van der Waals surface area contributed by atoms with Crippen LogP contribution >= 0.6 is 11.3 Å². The van der Waals surface area contributed by atoms with Crippen molar-refractivity contribution in [3.63, 3.8) is 0 Å². The van der Waals surface area contributed by atoms with Crippen molar-refractivity contribution in [2.24, 2.45) is 5.92 Å². The molecule has 0 aliphatic carbocycles. The number of hydrogen-bond donors (Lipinski definition) is 0. The van der Waals surface area contributed by atoms with E-state index < -0.39 is 15.9 Å². The van der Waals surface area contributed by atoms with Crippen LogP contribution in [-0.4, -0.2) is 49.2 Å². The lowest BCUT2D eigenvalue weighted by Crippen LogP contribution is -2.46. The SMILES string of the molecule is CC(=O)N(C(=O)C1CCN(S(=O)(=O)c2ccc3c(c2)CCO3)CC1)c1ccc2scnc2c1. The number of piperidine rings is 1. The van der Waals surface area contributed by atoms with Crippen LogP contribution in [0.4, 0.5) is 5.69 Å². The third kappa shape index (κ3) is 4.03. The molecule has 1 saturated heterocycles. The number of ether oxygens (including phenoxy) is 1. The van der Waals surface area contributed by atoms with Crippen molar-refractivity contribution >= 4 is 49.1 Å². The first-order valence-corrected chi connectivity index (χ1v) is 13.1. The van der Waals surface area contributed by atoms with E-state index in [-0.39, 0.29) is 29.8 Å². The van der Waals surface area contributed by atoms with E-state index in [2.05, 4.69) is 4.98 Å². The summed E-state index contributed by atoms with van der Waals surface area (Å²) in [6.45, 7) is 2.38. The molecule has 2 aliphatic heterocycles. The molecule has 0 spiro atoms. The van der Waals surface area contributed by atoms with Crippen molar-refractivity contribution in [1.29, 1.82) is 0 Å². The normalized spacial score (nSPS) is 17.0. The first-order chi connectivity index (χ1) is 15.8. The van der Waals surface area contributed by atoms with Crippen LogP contribution in [-0.2, 0) is 26.0 Å². The Hall–Kier alpha value is -2.82. The van der Waals surface area contributed by atoms with Gasteiger partial charge in [-0.25, -0.2) is 13.4 Å². The topological polar surface area (TPSA) is 96.9 Å². The number of amides is 2. The molecule has 1 fully saturated rings. The van der Waals surface area contributed by atoms with E-state index in [9.17, 15) is 18.0 Å². The monoisotopic (exact) mass is 485 g/mol. The number of imide groups is 1. The number of aromatic nitrogens is 1. The molecule has 3 heterocycles. The van der Waals surface area contributed by atoms with Crippen LogP contribution in [0, 0.1) is 5.92 Å². The number of thiazole rings is 1. The fourth-order valence-electron chi connectivity index (χ4n) is 4.45. The largest absolute Gasteiger partial charge is 0.493 e. The van der Waals surface area contributed by atoms with Gasteiger partial charge < -0.3 is 4.74 Å². The maximum absolute atomic E-state index is 13.3. The van der Waals surface area contributed by atoms with Crippen LogP contribution < -0.4 is 9.64 Å². The number of carbonyl (C=O) groups is 2. The van der Waals surface area contributed by atoms with Gasteiger partial charge in [-0.2, -0.15) is 4.31 Å². The third-order valence-electron chi connectivity index (χ3n) is 6.21. The molecule has 10 heteroatoms. The number of anilines is 1. The highest BCUT2D eigenvalue weighted by Crippen LogP contribution is 2.32. The van der Waals surface area contributed by atoms with Crippen LogP contribution in [0.3, 0.4) is 0 Å². The van der Waals surface area contributed by atoms with Gasteiger partial charge in [0.15, 0.2) is 0 Å². The number of fused-ring (bicyclic) bond motifs is 2. The van der Waals surface area contributed by atoms with Gasteiger partial charge in [-0.05, 0) is 54.8 Å². The van der Waals surface area contributed by atoms with Gasteiger partial charge in [0.2, 0.25) is 21.8 Å². The Morgan fingerprint density at radius 3 is 2.70 bits per heavy atom. The number of benzene rings is 2. The van der Waals surface area contributed by atoms with Gasteiger partial charge >= 0.3 is 0 Å². The zero-order chi connectivity index (χ0) is 23.2. The second-order valence-corrected chi connectivity index (χ2v) is 11.1. The van der Waals surface area contributed by atoms with Gasteiger partial charge in [-0.3, -0.25) is 14.5 Å². The Balaban J connectivity index is 1.31. The Kier molecular flexibility index (Phi) is 5.67. The third-order valence-corrected chi connectivity index (χ3v) is 8.91. The second-order valence-electron chi connectivity index (χ2n) is 8.24. The molecule has 0 saturated carbocycles. The molecular formula is C23H23N3O5S2. The van der Waals surface area contributed by atoms with Crippen molar-refractivity contribution < 1.29 is 22.7 Å². The summed E-state index contributed by atoms with van der Waals surface area (Å²) in [7, 11) is -3.66. The quantitative estimate of drug-likeness (QED) is 0.563. The summed E-state index contributed by atoms with van der Waals surface area (Å²) < 4.78 is 34.2. The minimum atomic E-state index is -3.66. The molecule has 0 bridgehead atoms. The van der Waals surface area contributed by atoms with Gasteiger partial charge in [-0.1, -0.05) is 0 Å². The van der Waals surface area contributed by atoms with E-state index in [1.54, 1.807) is 35.8 Å². The molecule has 0 N–H and O–H groups in total. The smallest absolute Gasteiger partial charge is 0.243 e. The average molecular weight is 486 g/mol. The summed E-state index contributed by atoms with van der Waals surface area (Å²) >= 11 is 1.49. The highest BCUT2D eigenvalue weighted by atomic mass is 32.2. The standard InChI is InChI=1S/C23H23N3O5S2/c1-15(27)26(18-2-5-22-20(13-18)24-14-32-22)23(28)16-6-9-25(10-7-16)33(29,30)19-3-4-21-17(12-19)8-11-31-21/h2-5,12-14,16H,6-11H2,1H3. The molecule has 0 radical (unpaired) electrons. The maximum atomic E-state index is 13.3. The van der Waals surface area contributed by atoms with Gasteiger partial charge in [-0.15, -0.1) is 11.3 Å². The first kappa shape index (κ1) is 22.0. The van der Waals surface area contributed by atoms with Crippen LogP contribution in [0.5, 0.6) is 5.75 Å². The van der Waals surface area contributed by atoms with E-state index in [0.717, 1.165) is 21.5 Å². The number of carbonyl (C=O) groups excluding carboxylic acids is 2. The van der Waals surface area contributed by atoms with Crippen LogP contribution in [0.25, 0.3) is 10.2 Å². The summed E-state index contributed by atoms with van der Waals surface area (Å²) in [6, 6.07) is 10.3. The Labute approximate surface area is 195 Å². The summed E-state index contributed by atoms with van der Waals surface area (Å²) in [5, 5.41) is 0. The number of rotatable bonds is 4.